The maximum Gasteiger partial charge on any atom is 0.109 e. The van der Waals surface area contributed by atoms with Gasteiger partial charge in [-0.1, -0.05) is 46.4 Å². The predicted molar refractivity (Wildman–Crippen MR) is 53.9 cm³/mol. The largest absolute Gasteiger partial charge is 0.251 e. The lowest BCUT2D eigenvalue weighted by Crippen LogP contribution is -1.90. The van der Waals surface area contributed by atoms with Gasteiger partial charge in [0.2, 0.25) is 0 Å². The summed E-state index contributed by atoms with van der Waals surface area (Å²) >= 11 is 22.9. The molecule has 0 heterocycles. The van der Waals surface area contributed by atoms with Crippen LogP contribution < -0.4 is 0 Å². The van der Waals surface area contributed by atoms with E-state index in [0.29, 0.717) is 5.56 Å². The lowest BCUT2D eigenvalue weighted by atomic mass is 10.2. The van der Waals surface area contributed by atoms with Crippen LogP contribution >= 0.6 is 46.4 Å². The molecule has 1 rings (SSSR count). The topological polar surface area (TPSA) is 29.5 Å². The first-order chi connectivity index (χ1) is 6.07. The van der Waals surface area contributed by atoms with Crippen LogP contribution in [0.3, 0.4) is 0 Å². The van der Waals surface area contributed by atoms with Crippen molar-refractivity contribution in [3.63, 3.8) is 0 Å². The first kappa shape index (κ1) is 11.4. The third-order valence-electron chi connectivity index (χ3n) is 1.40. The Kier molecular flexibility index (Phi) is 4.10. The molecule has 0 fully saturated rings. The average Bonchev–Trinajstić information content (AvgIpc) is 2.11. The number of benzene rings is 1. The highest BCUT2D eigenvalue weighted by Crippen LogP contribution is 2.38. The number of rotatable bonds is 2. The van der Waals surface area contributed by atoms with Gasteiger partial charge in [-0.2, -0.15) is 0 Å². The van der Waals surface area contributed by atoms with Gasteiger partial charge in [0.05, 0.1) is 20.1 Å². The molecule has 0 unspecified atom stereocenters. The van der Waals surface area contributed by atoms with Crippen molar-refractivity contribution < 1.29 is 10.1 Å². The highest BCUT2D eigenvalue weighted by atomic mass is 35.5. The minimum Gasteiger partial charge on any atom is -0.251 e. The summed E-state index contributed by atoms with van der Waals surface area (Å²) < 4.78 is 0. The van der Waals surface area contributed by atoms with Crippen LogP contribution in [-0.4, -0.2) is 5.26 Å². The summed E-state index contributed by atoms with van der Waals surface area (Å²) in [6.07, 6.45) is 0. The lowest BCUT2D eigenvalue weighted by molar-refractivity contribution is -0.252. The highest BCUT2D eigenvalue weighted by Gasteiger charge is 2.12. The molecule has 0 saturated heterocycles. The van der Waals surface area contributed by atoms with Crippen molar-refractivity contribution in [1.29, 1.82) is 0 Å². The summed E-state index contributed by atoms with van der Waals surface area (Å²) in [5.74, 6) is 0. The predicted octanol–water partition coefficient (Wildman–Crippen LogP) is 4.29. The average molecular weight is 262 g/mol. The Morgan fingerprint density at radius 2 is 1.69 bits per heavy atom. The van der Waals surface area contributed by atoms with Crippen LogP contribution in [0.2, 0.25) is 20.1 Å². The summed E-state index contributed by atoms with van der Waals surface area (Å²) in [6, 6.07) is 1.48. The Bertz CT molecular complexity index is 327. The Morgan fingerprint density at radius 1 is 1.08 bits per heavy atom. The summed E-state index contributed by atoms with van der Waals surface area (Å²) in [6.45, 7) is -0.0879. The molecule has 0 atom stereocenters. The fourth-order valence-electron chi connectivity index (χ4n) is 0.796. The molecule has 2 nitrogen and oxygen atoms in total. The Labute approximate surface area is 94.8 Å². The van der Waals surface area contributed by atoms with Crippen LogP contribution in [-0.2, 0) is 11.5 Å². The molecule has 13 heavy (non-hydrogen) atoms. The standard InChI is InChI=1S/C7H4Cl4O2/c8-4-1-3(2-13-12)5(9)7(11)6(4)10/h1,12H,2H2. The van der Waals surface area contributed by atoms with Crippen molar-refractivity contribution in [2.75, 3.05) is 0 Å². The maximum atomic E-state index is 8.22. The zero-order chi connectivity index (χ0) is 10.0. The minimum absolute atomic E-state index is 0.0879. The van der Waals surface area contributed by atoms with E-state index in [1.54, 1.807) is 0 Å². The molecule has 72 valence electrons. The van der Waals surface area contributed by atoms with Crippen LogP contribution in [0.5, 0.6) is 0 Å². The zero-order valence-corrected chi connectivity index (χ0v) is 9.18. The van der Waals surface area contributed by atoms with Gasteiger partial charge < -0.3 is 0 Å². The van der Waals surface area contributed by atoms with Crippen LogP contribution in [0.15, 0.2) is 6.07 Å². The molecule has 0 bridgehead atoms. The molecule has 1 aromatic rings. The van der Waals surface area contributed by atoms with Gasteiger partial charge in [-0.05, 0) is 6.07 Å². The van der Waals surface area contributed by atoms with Crippen molar-refractivity contribution in [2.24, 2.45) is 0 Å². The van der Waals surface area contributed by atoms with Crippen LogP contribution in [0.1, 0.15) is 5.56 Å². The van der Waals surface area contributed by atoms with E-state index in [9.17, 15) is 0 Å². The van der Waals surface area contributed by atoms with Gasteiger partial charge in [0.15, 0.2) is 0 Å². The Balaban J connectivity index is 3.24. The molecule has 0 aromatic heterocycles. The van der Waals surface area contributed by atoms with E-state index in [4.69, 9.17) is 51.7 Å². The molecule has 1 aromatic carbocycles. The number of halogens is 4. The van der Waals surface area contributed by atoms with Crippen molar-refractivity contribution >= 4 is 46.4 Å². The molecule has 6 heteroatoms. The SMILES string of the molecule is OOCc1cc(Cl)c(Cl)c(Cl)c1Cl. The van der Waals surface area contributed by atoms with Crippen molar-refractivity contribution in [3.05, 3.63) is 31.7 Å². The van der Waals surface area contributed by atoms with Gasteiger partial charge in [0, 0.05) is 5.56 Å². The van der Waals surface area contributed by atoms with E-state index in [-0.39, 0.29) is 26.7 Å². The van der Waals surface area contributed by atoms with E-state index in [0.717, 1.165) is 0 Å². The molecule has 0 radical (unpaired) electrons. The van der Waals surface area contributed by atoms with Gasteiger partial charge in [-0.3, -0.25) is 5.26 Å². The van der Waals surface area contributed by atoms with Crippen molar-refractivity contribution in [2.45, 2.75) is 6.61 Å². The summed E-state index contributed by atoms with van der Waals surface area (Å²) in [5, 5.41) is 9.06. The lowest BCUT2D eigenvalue weighted by Gasteiger charge is -2.06. The monoisotopic (exact) mass is 260 g/mol. The quantitative estimate of drug-likeness (QED) is 0.373. The minimum atomic E-state index is -0.0879. The first-order valence-electron chi connectivity index (χ1n) is 3.16. The molecular formula is C7H4Cl4O2. The van der Waals surface area contributed by atoms with E-state index in [1.165, 1.54) is 6.07 Å². The van der Waals surface area contributed by atoms with Gasteiger partial charge in [-0.25, -0.2) is 4.89 Å². The third kappa shape index (κ3) is 2.40. The Morgan fingerprint density at radius 3 is 2.23 bits per heavy atom. The van der Waals surface area contributed by atoms with E-state index in [2.05, 4.69) is 4.89 Å². The second-order valence-corrected chi connectivity index (χ2v) is 3.77. The van der Waals surface area contributed by atoms with Crippen molar-refractivity contribution in [3.8, 4) is 0 Å². The second-order valence-electron chi connectivity index (χ2n) is 2.23. The Hall–Kier alpha value is 0.300. The van der Waals surface area contributed by atoms with Crippen LogP contribution in [0, 0.1) is 0 Å². The normalized spacial score (nSPS) is 10.5. The number of hydrogen-bond donors (Lipinski definition) is 1. The molecular weight excluding hydrogens is 258 g/mol. The maximum absolute atomic E-state index is 8.22. The summed E-state index contributed by atoms with van der Waals surface area (Å²) in [7, 11) is 0. The fourth-order valence-corrected chi connectivity index (χ4v) is 1.70. The summed E-state index contributed by atoms with van der Waals surface area (Å²) in [5.41, 5.74) is 0.476. The fraction of sp³-hybridized carbons (Fsp3) is 0.143. The molecule has 0 saturated carbocycles. The van der Waals surface area contributed by atoms with Gasteiger partial charge in [0.1, 0.15) is 6.61 Å². The van der Waals surface area contributed by atoms with Crippen LogP contribution in [0.25, 0.3) is 0 Å². The van der Waals surface area contributed by atoms with Gasteiger partial charge in [-0.15, -0.1) is 0 Å². The van der Waals surface area contributed by atoms with E-state index < -0.39 is 0 Å². The number of hydrogen-bond acceptors (Lipinski definition) is 2. The molecule has 0 aliphatic heterocycles. The zero-order valence-electron chi connectivity index (χ0n) is 6.15. The van der Waals surface area contributed by atoms with E-state index >= 15 is 0 Å². The molecule has 0 aliphatic carbocycles. The third-order valence-corrected chi connectivity index (χ3v) is 3.19. The molecule has 0 amide bonds. The highest BCUT2D eigenvalue weighted by molar-refractivity contribution is 6.51. The van der Waals surface area contributed by atoms with Gasteiger partial charge in [0.25, 0.3) is 0 Å². The van der Waals surface area contributed by atoms with E-state index in [1.807, 2.05) is 0 Å². The molecule has 1 N–H and O–H groups in total. The molecule has 0 spiro atoms. The van der Waals surface area contributed by atoms with Gasteiger partial charge >= 0.3 is 0 Å². The smallest absolute Gasteiger partial charge is 0.109 e. The second kappa shape index (κ2) is 4.69. The van der Waals surface area contributed by atoms with Crippen LogP contribution in [0.4, 0.5) is 0 Å². The first-order valence-corrected chi connectivity index (χ1v) is 4.67. The summed E-state index contributed by atoms with van der Waals surface area (Å²) in [4.78, 5) is 3.91. The molecule has 0 aliphatic rings. The van der Waals surface area contributed by atoms with Crippen molar-refractivity contribution in [1.82, 2.24) is 0 Å².